The number of hydrogen-bond donors (Lipinski definition) is 2. The summed E-state index contributed by atoms with van der Waals surface area (Å²) in [7, 11) is 0. The van der Waals surface area contributed by atoms with Crippen LogP contribution in [0, 0.1) is 0 Å². The highest BCUT2D eigenvalue weighted by atomic mass is 16.5. The van der Waals surface area contributed by atoms with E-state index in [9.17, 15) is 9.90 Å². The van der Waals surface area contributed by atoms with Crippen molar-refractivity contribution in [3.8, 4) is 17.0 Å². The van der Waals surface area contributed by atoms with Crippen LogP contribution in [0.4, 0.5) is 0 Å². The number of para-hydroxylation sites is 1. The van der Waals surface area contributed by atoms with Gasteiger partial charge in [0.25, 0.3) is 5.91 Å². The molecule has 28 heavy (non-hydrogen) atoms. The number of nitrogens with one attached hydrogen (secondary N) is 1. The number of aromatic amines is 1. The Balaban J connectivity index is 1.40. The van der Waals surface area contributed by atoms with Crippen molar-refractivity contribution in [1.29, 1.82) is 0 Å². The Kier molecular flexibility index (Phi) is 5.34. The van der Waals surface area contributed by atoms with Crippen LogP contribution in [0.3, 0.4) is 0 Å². The molecule has 1 atom stereocenters. The summed E-state index contributed by atoms with van der Waals surface area (Å²) in [6.45, 7) is 1.67. The molecule has 1 fully saturated rings. The highest BCUT2D eigenvalue weighted by molar-refractivity contribution is 5.93. The molecule has 2 aromatic heterocycles. The fourth-order valence-corrected chi connectivity index (χ4v) is 3.38. The lowest BCUT2D eigenvalue weighted by Gasteiger charge is -2.32. The number of amides is 1. The number of hydrogen-bond acceptors (Lipinski definition) is 5. The maximum Gasteiger partial charge on any atom is 0.271 e. The molecule has 0 radical (unpaired) electrons. The first-order chi connectivity index (χ1) is 13.7. The Labute approximate surface area is 163 Å². The topological polar surface area (TPSA) is 91.3 Å². The van der Waals surface area contributed by atoms with Gasteiger partial charge in [0.2, 0.25) is 0 Å². The van der Waals surface area contributed by atoms with Crippen LogP contribution in [0.5, 0.6) is 5.75 Å². The second-order valence-corrected chi connectivity index (χ2v) is 6.83. The summed E-state index contributed by atoms with van der Waals surface area (Å²) in [5, 5.41) is 17.0. The van der Waals surface area contributed by atoms with Crippen molar-refractivity contribution >= 4 is 5.91 Å². The number of carbonyl (C=O) groups is 1. The van der Waals surface area contributed by atoms with Crippen molar-refractivity contribution in [2.24, 2.45) is 0 Å². The van der Waals surface area contributed by atoms with Crippen LogP contribution in [-0.4, -0.2) is 50.3 Å². The van der Waals surface area contributed by atoms with Crippen LogP contribution in [0.25, 0.3) is 11.3 Å². The van der Waals surface area contributed by atoms with Gasteiger partial charge < -0.3 is 14.7 Å². The predicted octanol–water partition coefficient (Wildman–Crippen LogP) is 3.00. The number of phenolic OH excluding ortho intramolecular Hbond substituents is 1. The van der Waals surface area contributed by atoms with Gasteiger partial charge in [0.1, 0.15) is 11.4 Å². The molecule has 144 valence electrons. The molecule has 1 aromatic carbocycles. The number of benzene rings is 1. The Morgan fingerprint density at radius 1 is 1.25 bits per heavy atom. The fourth-order valence-electron chi connectivity index (χ4n) is 3.38. The Morgan fingerprint density at radius 2 is 2.11 bits per heavy atom. The zero-order chi connectivity index (χ0) is 19.3. The molecule has 1 saturated heterocycles. The monoisotopic (exact) mass is 378 g/mol. The van der Waals surface area contributed by atoms with Crippen molar-refractivity contribution in [3.63, 3.8) is 0 Å². The number of nitrogens with zero attached hydrogens (tertiary/aromatic N) is 3. The Morgan fingerprint density at radius 3 is 2.93 bits per heavy atom. The molecule has 1 amide bonds. The third-order valence-electron chi connectivity index (χ3n) is 4.85. The van der Waals surface area contributed by atoms with E-state index >= 15 is 0 Å². The number of piperidine rings is 1. The average Bonchev–Trinajstić information content (AvgIpc) is 3.23. The number of ether oxygens (including phenoxy) is 1. The van der Waals surface area contributed by atoms with Crippen LogP contribution in [-0.2, 0) is 11.3 Å². The molecule has 0 spiro atoms. The Hall–Kier alpha value is -3.19. The molecular weight excluding hydrogens is 356 g/mol. The summed E-state index contributed by atoms with van der Waals surface area (Å²) in [4.78, 5) is 18.9. The molecule has 3 aromatic rings. The van der Waals surface area contributed by atoms with Crippen molar-refractivity contribution in [3.05, 3.63) is 66.1 Å². The number of phenols is 1. The normalized spacial score (nSPS) is 16.9. The second-order valence-electron chi connectivity index (χ2n) is 6.83. The molecule has 0 bridgehead atoms. The van der Waals surface area contributed by atoms with E-state index in [2.05, 4.69) is 15.2 Å². The molecular formula is C21H22N4O3. The third-order valence-corrected chi connectivity index (χ3v) is 4.85. The van der Waals surface area contributed by atoms with Gasteiger partial charge in [-0.1, -0.05) is 18.2 Å². The molecule has 3 heterocycles. The SMILES string of the molecule is O=C(c1cc(-c2ccccc2O)n[nH]1)N1CCC[C@@H](OCc2ccccn2)C1. The number of pyridine rings is 1. The number of H-pyrrole nitrogens is 1. The zero-order valence-electron chi connectivity index (χ0n) is 15.4. The number of aromatic hydroxyl groups is 1. The summed E-state index contributed by atoms with van der Waals surface area (Å²) in [6.07, 6.45) is 3.54. The van der Waals surface area contributed by atoms with E-state index in [0.717, 1.165) is 18.5 Å². The molecule has 7 heteroatoms. The number of carbonyl (C=O) groups excluding carboxylic acids is 1. The smallest absolute Gasteiger partial charge is 0.271 e. The first-order valence-electron chi connectivity index (χ1n) is 9.35. The van der Waals surface area contributed by atoms with Gasteiger partial charge in [-0.2, -0.15) is 5.10 Å². The van der Waals surface area contributed by atoms with Gasteiger partial charge in [0.05, 0.1) is 24.1 Å². The van der Waals surface area contributed by atoms with Crippen LogP contribution < -0.4 is 0 Å². The largest absolute Gasteiger partial charge is 0.507 e. The van der Waals surface area contributed by atoms with E-state index in [1.807, 2.05) is 24.3 Å². The van der Waals surface area contributed by atoms with Crippen molar-refractivity contribution < 1.29 is 14.6 Å². The minimum absolute atomic E-state index is 0.0136. The highest BCUT2D eigenvalue weighted by Gasteiger charge is 2.26. The number of likely N-dealkylation sites (tertiary alicyclic amines) is 1. The third kappa shape index (κ3) is 4.04. The molecule has 1 aliphatic rings. The van der Waals surface area contributed by atoms with Crippen molar-refractivity contribution in [2.45, 2.75) is 25.6 Å². The highest BCUT2D eigenvalue weighted by Crippen LogP contribution is 2.27. The molecule has 0 saturated carbocycles. The summed E-state index contributed by atoms with van der Waals surface area (Å²) in [6, 6.07) is 14.3. The van der Waals surface area contributed by atoms with Gasteiger partial charge >= 0.3 is 0 Å². The zero-order valence-corrected chi connectivity index (χ0v) is 15.4. The molecule has 2 N–H and O–H groups in total. The van der Waals surface area contributed by atoms with Crippen LogP contribution in [0.2, 0.25) is 0 Å². The second kappa shape index (κ2) is 8.22. The Bertz CT molecular complexity index is 942. The number of rotatable bonds is 5. The minimum Gasteiger partial charge on any atom is -0.507 e. The lowest BCUT2D eigenvalue weighted by molar-refractivity contribution is -0.00801. The van der Waals surface area contributed by atoms with E-state index in [1.54, 1.807) is 35.4 Å². The predicted molar refractivity (Wildman–Crippen MR) is 104 cm³/mol. The van der Waals surface area contributed by atoms with E-state index in [4.69, 9.17) is 4.74 Å². The van der Waals surface area contributed by atoms with Crippen molar-refractivity contribution in [1.82, 2.24) is 20.1 Å². The van der Waals surface area contributed by atoms with E-state index in [-0.39, 0.29) is 17.8 Å². The van der Waals surface area contributed by atoms with Crippen LogP contribution in [0.15, 0.2) is 54.7 Å². The van der Waals surface area contributed by atoms with Crippen molar-refractivity contribution in [2.75, 3.05) is 13.1 Å². The average molecular weight is 378 g/mol. The molecule has 0 aliphatic carbocycles. The number of aromatic nitrogens is 3. The summed E-state index contributed by atoms with van der Waals surface area (Å²) in [5.74, 6) is 0.0225. The fraction of sp³-hybridized carbons (Fsp3) is 0.286. The van der Waals surface area contributed by atoms with Gasteiger partial charge in [-0.05, 0) is 43.2 Å². The lowest BCUT2D eigenvalue weighted by Crippen LogP contribution is -2.43. The van der Waals surface area contributed by atoms with Gasteiger partial charge in [-0.3, -0.25) is 14.9 Å². The molecule has 1 aliphatic heterocycles. The minimum atomic E-state index is -0.111. The van der Waals surface area contributed by atoms with E-state index in [1.165, 1.54) is 0 Å². The van der Waals surface area contributed by atoms with Crippen LogP contribution >= 0.6 is 0 Å². The van der Waals surface area contributed by atoms with Crippen LogP contribution in [0.1, 0.15) is 29.0 Å². The summed E-state index contributed by atoms with van der Waals surface area (Å²) >= 11 is 0. The summed E-state index contributed by atoms with van der Waals surface area (Å²) < 4.78 is 5.96. The van der Waals surface area contributed by atoms with E-state index in [0.29, 0.717) is 36.6 Å². The van der Waals surface area contributed by atoms with E-state index < -0.39 is 0 Å². The first kappa shape index (κ1) is 18.2. The molecule has 0 unspecified atom stereocenters. The lowest BCUT2D eigenvalue weighted by atomic mass is 10.1. The quantitative estimate of drug-likeness (QED) is 0.712. The maximum atomic E-state index is 12.9. The standard InChI is InChI=1S/C21H22N4O3/c26-20-9-2-1-8-17(20)18-12-19(24-23-18)21(27)25-11-5-7-16(13-25)28-14-15-6-3-4-10-22-15/h1-4,6,8-10,12,16,26H,5,7,11,13-14H2,(H,23,24)/t16-/m1/s1. The van der Waals surface area contributed by atoms with Gasteiger partial charge in [-0.15, -0.1) is 0 Å². The summed E-state index contributed by atoms with van der Waals surface area (Å²) in [5.41, 5.74) is 2.42. The molecule has 7 nitrogen and oxygen atoms in total. The van der Waals surface area contributed by atoms with Gasteiger partial charge in [0.15, 0.2) is 0 Å². The van der Waals surface area contributed by atoms with Gasteiger partial charge in [-0.25, -0.2) is 0 Å². The molecule has 4 rings (SSSR count). The maximum absolute atomic E-state index is 12.9. The first-order valence-corrected chi connectivity index (χ1v) is 9.35. The van der Waals surface area contributed by atoms with Gasteiger partial charge in [0, 0.05) is 24.8 Å².